The number of aromatic nitrogens is 2. The fourth-order valence-electron chi connectivity index (χ4n) is 2.59. The molecule has 1 aromatic carbocycles. The summed E-state index contributed by atoms with van der Waals surface area (Å²) in [5.41, 5.74) is 0.676. The number of aliphatic carboxylic acids is 1. The Balaban J connectivity index is 2.05. The van der Waals surface area contributed by atoms with Crippen LogP contribution in [-0.4, -0.2) is 21.0 Å². The predicted molar refractivity (Wildman–Crippen MR) is 68.3 cm³/mol. The molecule has 3 rings (SSSR count). The molecule has 0 bridgehead atoms. The van der Waals surface area contributed by atoms with Gasteiger partial charge in [-0.05, 0) is 12.8 Å². The van der Waals surface area contributed by atoms with Gasteiger partial charge >= 0.3 is 5.97 Å². The van der Waals surface area contributed by atoms with Gasteiger partial charge in [0.15, 0.2) is 11.6 Å². The molecule has 0 fully saturated rings. The summed E-state index contributed by atoms with van der Waals surface area (Å²) in [6.07, 6.45) is 4.71. The number of nitrogens with zero attached hydrogens (tertiary/aromatic N) is 1. The summed E-state index contributed by atoms with van der Waals surface area (Å²) in [6.45, 7) is 0. The lowest BCUT2D eigenvalue weighted by Gasteiger charge is -2.23. The maximum Gasteiger partial charge on any atom is 0.307 e. The highest BCUT2D eigenvalue weighted by Gasteiger charge is 2.32. The highest BCUT2D eigenvalue weighted by Crippen LogP contribution is 2.34. The SMILES string of the molecule is O=C(O)[C@H]1CC=CC[C@H]1c1nc2cc(F)c(F)cc2[nH]1. The maximum atomic E-state index is 13.2. The molecule has 0 unspecified atom stereocenters. The number of carboxylic acids is 1. The minimum absolute atomic E-state index is 0.303. The van der Waals surface area contributed by atoms with Crippen molar-refractivity contribution in [1.29, 1.82) is 0 Å². The van der Waals surface area contributed by atoms with Gasteiger partial charge in [-0.3, -0.25) is 4.79 Å². The first kappa shape index (κ1) is 12.8. The van der Waals surface area contributed by atoms with Crippen LogP contribution < -0.4 is 0 Å². The number of H-pyrrole nitrogens is 1. The van der Waals surface area contributed by atoms with Crippen LogP contribution in [0.2, 0.25) is 0 Å². The summed E-state index contributed by atoms with van der Waals surface area (Å²) in [5.74, 6) is -3.23. The molecule has 104 valence electrons. The highest BCUT2D eigenvalue weighted by atomic mass is 19.2. The summed E-state index contributed by atoms with van der Waals surface area (Å²) >= 11 is 0. The number of fused-ring (bicyclic) bond motifs is 1. The zero-order valence-electron chi connectivity index (χ0n) is 10.4. The van der Waals surface area contributed by atoms with Crippen LogP contribution >= 0.6 is 0 Å². The molecular formula is C14H12F2N2O2. The number of allylic oxidation sites excluding steroid dienone is 2. The lowest BCUT2D eigenvalue weighted by molar-refractivity contribution is -0.142. The molecule has 2 N–H and O–H groups in total. The summed E-state index contributed by atoms with van der Waals surface area (Å²) < 4.78 is 26.3. The average molecular weight is 278 g/mol. The first-order chi connectivity index (χ1) is 9.56. The van der Waals surface area contributed by atoms with E-state index in [9.17, 15) is 18.7 Å². The maximum absolute atomic E-state index is 13.2. The van der Waals surface area contributed by atoms with Gasteiger partial charge in [0.1, 0.15) is 5.82 Å². The van der Waals surface area contributed by atoms with E-state index in [4.69, 9.17) is 0 Å². The van der Waals surface area contributed by atoms with Crippen molar-refractivity contribution in [1.82, 2.24) is 9.97 Å². The van der Waals surface area contributed by atoms with Gasteiger partial charge in [-0.25, -0.2) is 13.8 Å². The van der Waals surface area contributed by atoms with Gasteiger partial charge in [0.05, 0.1) is 17.0 Å². The van der Waals surface area contributed by atoms with E-state index in [1.807, 2.05) is 12.2 Å². The Morgan fingerprint density at radius 3 is 2.70 bits per heavy atom. The van der Waals surface area contributed by atoms with Gasteiger partial charge < -0.3 is 10.1 Å². The molecule has 0 spiro atoms. The summed E-state index contributed by atoms with van der Waals surface area (Å²) in [7, 11) is 0. The molecule has 1 aliphatic rings. The van der Waals surface area contributed by atoms with Gasteiger partial charge in [0.25, 0.3) is 0 Å². The molecule has 0 aliphatic heterocycles. The lowest BCUT2D eigenvalue weighted by atomic mass is 9.82. The van der Waals surface area contributed by atoms with Gasteiger partial charge in [-0.1, -0.05) is 12.2 Å². The Kier molecular flexibility index (Phi) is 3.00. The van der Waals surface area contributed by atoms with Gasteiger partial charge in [0.2, 0.25) is 0 Å². The predicted octanol–water partition coefficient (Wildman–Crippen LogP) is 2.98. The third-order valence-electron chi connectivity index (χ3n) is 3.64. The van der Waals surface area contributed by atoms with E-state index in [0.717, 1.165) is 12.1 Å². The van der Waals surface area contributed by atoms with Crippen molar-refractivity contribution in [2.45, 2.75) is 18.8 Å². The number of halogens is 2. The second kappa shape index (κ2) is 4.70. The van der Waals surface area contributed by atoms with Crippen LogP contribution in [0.1, 0.15) is 24.6 Å². The van der Waals surface area contributed by atoms with Crippen molar-refractivity contribution < 1.29 is 18.7 Å². The van der Waals surface area contributed by atoms with E-state index in [-0.39, 0.29) is 5.92 Å². The molecule has 1 heterocycles. The van der Waals surface area contributed by atoms with E-state index in [0.29, 0.717) is 29.7 Å². The van der Waals surface area contributed by atoms with E-state index >= 15 is 0 Å². The van der Waals surface area contributed by atoms with Crippen molar-refractivity contribution in [2.75, 3.05) is 0 Å². The number of carbonyl (C=O) groups is 1. The molecule has 20 heavy (non-hydrogen) atoms. The van der Waals surface area contributed by atoms with Crippen molar-refractivity contribution in [3.8, 4) is 0 Å². The van der Waals surface area contributed by atoms with Crippen LogP contribution in [0.4, 0.5) is 8.78 Å². The van der Waals surface area contributed by atoms with Crippen molar-refractivity contribution >= 4 is 17.0 Å². The second-order valence-corrected chi connectivity index (χ2v) is 4.90. The minimum Gasteiger partial charge on any atom is -0.481 e. The average Bonchev–Trinajstić information content (AvgIpc) is 2.82. The lowest BCUT2D eigenvalue weighted by Crippen LogP contribution is -2.24. The van der Waals surface area contributed by atoms with E-state index < -0.39 is 23.5 Å². The number of hydrogen-bond acceptors (Lipinski definition) is 2. The van der Waals surface area contributed by atoms with Crippen LogP contribution in [0, 0.1) is 17.6 Å². The van der Waals surface area contributed by atoms with Gasteiger partial charge in [-0.2, -0.15) is 0 Å². The number of aromatic amines is 1. The largest absolute Gasteiger partial charge is 0.481 e. The quantitative estimate of drug-likeness (QED) is 0.830. The van der Waals surface area contributed by atoms with E-state index in [1.54, 1.807) is 0 Å². The summed E-state index contributed by atoms with van der Waals surface area (Å²) in [5, 5.41) is 9.24. The standard InChI is InChI=1S/C14H12F2N2O2/c15-9-5-11-12(6-10(9)16)18-13(17-11)7-3-1-2-4-8(7)14(19)20/h1-2,5-8H,3-4H2,(H,17,18)(H,19,20)/t7-,8+/m1/s1. The number of rotatable bonds is 2. The summed E-state index contributed by atoms with van der Waals surface area (Å²) in [4.78, 5) is 18.4. The van der Waals surface area contributed by atoms with Crippen molar-refractivity contribution in [3.63, 3.8) is 0 Å². The fraction of sp³-hybridized carbons (Fsp3) is 0.286. The number of imidazole rings is 1. The fourth-order valence-corrected chi connectivity index (χ4v) is 2.59. The molecule has 0 radical (unpaired) electrons. The minimum atomic E-state index is -0.964. The van der Waals surface area contributed by atoms with Gasteiger partial charge in [-0.15, -0.1) is 0 Å². The zero-order valence-corrected chi connectivity index (χ0v) is 10.4. The van der Waals surface area contributed by atoms with Gasteiger partial charge in [0, 0.05) is 18.1 Å². The molecule has 0 saturated carbocycles. The molecular weight excluding hydrogens is 266 g/mol. The van der Waals surface area contributed by atoms with E-state index in [1.165, 1.54) is 0 Å². The number of carboxylic acid groups (broad SMARTS) is 1. The monoisotopic (exact) mass is 278 g/mol. The smallest absolute Gasteiger partial charge is 0.307 e. The number of hydrogen-bond donors (Lipinski definition) is 2. The molecule has 1 aromatic heterocycles. The highest BCUT2D eigenvalue weighted by molar-refractivity contribution is 5.76. The Bertz CT molecular complexity index is 670. The number of nitrogens with one attached hydrogen (secondary N) is 1. The molecule has 4 nitrogen and oxygen atoms in total. The third-order valence-corrected chi connectivity index (χ3v) is 3.64. The van der Waals surface area contributed by atoms with Crippen LogP contribution in [0.25, 0.3) is 11.0 Å². The molecule has 1 aliphatic carbocycles. The second-order valence-electron chi connectivity index (χ2n) is 4.90. The first-order valence-electron chi connectivity index (χ1n) is 6.28. The molecule has 0 amide bonds. The van der Waals surface area contributed by atoms with Crippen molar-refractivity contribution in [2.24, 2.45) is 5.92 Å². The topological polar surface area (TPSA) is 66.0 Å². The van der Waals surface area contributed by atoms with Crippen LogP contribution in [0.3, 0.4) is 0 Å². The normalized spacial score (nSPS) is 22.3. The number of benzene rings is 1. The zero-order chi connectivity index (χ0) is 14.3. The third kappa shape index (κ3) is 2.07. The van der Waals surface area contributed by atoms with Crippen LogP contribution in [-0.2, 0) is 4.79 Å². The Hall–Kier alpha value is -2.24. The Morgan fingerprint density at radius 1 is 1.25 bits per heavy atom. The van der Waals surface area contributed by atoms with E-state index in [2.05, 4.69) is 9.97 Å². The first-order valence-corrected chi connectivity index (χ1v) is 6.28. The molecule has 6 heteroatoms. The van der Waals surface area contributed by atoms with Crippen LogP contribution in [0.5, 0.6) is 0 Å². The molecule has 0 saturated heterocycles. The summed E-state index contributed by atoms with van der Waals surface area (Å²) in [6, 6.07) is 2.05. The Labute approximate surface area is 113 Å². The van der Waals surface area contributed by atoms with Crippen LogP contribution in [0.15, 0.2) is 24.3 Å². The molecule has 2 atom stereocenters. The Morgan fingerprint density at radius 2 is 1.95 bits per heavy atom. The van der Waals surface area contributed by atoms with Crippen molar-refractivity contribution in [3.05, 3.63) is 41.7 Å². The molecule has 2 aromatic rings.